The van der Waals surface area contributed by atoms with Crippen LogP contribution in [0.5, 0.6) is 5.75 Å². The minimum atomic E-state index is -0.731. The molecule has 0 spiro atoms. The molecule has 2 rings (SSSR count). The Kier molecular flexibility index (Phi) is 6.58. The van der Waals surface area contributed by atoms with Gasteiger partial charge in [0, 0.05) is 4.47 Å². The lowest BCUT2D eigenvalue weighted by Gasteiger charge is -2.16. The van der Waals surface area contributed by atoms with Gasteiger partial charge in [-0.15, -0.1) is 0 Å². The van der Waals surface area contributed by atoms with Crippen molar-refractivity contribution in [3.05, 3.63) is 58.1 Å². The van der Waals surface area contributed by atoms with Gasteiger partial charge in [-0.1, -0.05) is 12.1 Å². The number of rotatable bonds is 6. The van der Waals surface area contributed by atoms with Crippen LogP contribution in [0.25, 0.3) is 0 Å². The maximum absolute atomic E-state index is 12.3. The molecular formula is C19H20BrNO4. The van der Waals surface area contributed by atoms with Crippen molar-refractivity contribution in [2.75, 3.05) is 11.9 Å². The molecule has 0 fully saturated rings. The van der Waals surface area contributed by atoms with E-state index in [1.165, 1.54) is 0 Å². The van der Waals surface area contributed by atoms with Crippen LogP contribution in [0.3, 0.4) is 0 Å². The Balaban J connectivity index is 2.03. The van der Waals surface area contributed by atoms with Crippen molar-refractivity contribution in [3.8, 4) is 5.75 Å². The molecule has 0 heterocycles. The Morgan fingerprint density at radius 3 is 2.64 bits per heavy atom. The maximum atomic E-state index is 12.3. The van der Waals surface area contributed by atoms with Gasteiger partial charge >= 0.3 is 5.97 Å². The molecule has 25 heavy (non-hydrogen) atoms. The van der Waals surface area contributed by atoms with Gasteiger partial charge in [0.25, 0.3) is 5.91 Å². The minimum Gasteiger partial charge on any atom is -0.481 e. The molecule has 1 atom stereocenters. The smallest absolute Gasteiger partial charge is 0.338 e. The van der Waals surface area contributed by atoms with Crippen molar-refractivity contribution < 1.29 is 19.1 Å². The molecule has 6 heteroatoms. The van der Waals surface area contributed by atoms with Crippen molar-refractivity contribution in [2.45, 2.75) is 26.9 Å². The van der Waals surface area contributed by atoms with Gasteiger partial charge in [-0.2, -0.15) is 0 Å². The van der Waals surface area contributed by atoms with Gasteiger partial charge < -0.3 is 14.8 Å². The number of aryl methyl sites for hydroxylation is 1. The Labute approximate surface area is 155 Å². The van der Waals surface area contributed by atoms with Crippen molar-refractivity contribution in [1.82, 2.24) is 0 Å². The molecule has 0 unspecified atom stereocenters. The number of ether oxygens (including phenoxy) is 2. The fraction of sp³-hybridized carbons (Fsp3) is 0.263. The zero-order valence-corrected chi connectivity index (χ0v) is 15.9. The van der Waals surface area contributed by atoms with Crippen molar-refractivity contribution in [2.24, 2.45) is 0 Å². The molecule has 0 aliphatic rings. The zero-order valence-electron chi connectivity index (χ0n) is 14.3. The number of anilines is 1. The highest BCUT2D eigenvalue weighted by molar-refractivity contribution is 9.10. The SMILES string of the molecule is CCOC(=O)c1cccc(O[C@H](C)C(=O)Nc2ccc(C)cc2Br)c1. The number of hydrogen-bond donors (Lipinski definition) is 1. The van der Waals surface area contributed by atoms with E-state index < -0.39 is 12.1 Å². The predicted molar refractivity (Wildman–Crippen MR) is 100.0 cm³/mol. The summed E-state index contributed by atoms with van der Waals surface area (Å²) in [6.07, 6.45) is -0.731. The summed E-state index contributed by atoms with van der Waals surface area (Å²) >= 11 is 3.42. The van der Waals surface area contributed by atoms with E-state index in [1.807, 2.05) is 25.1 Å². The van der Waals surface area contributed by atoms with Crippen LogP contribution in [0.2, 0.25) is 0 Å². The first-order valence-corrected chi connectivity index (χ1v) is 8.71. The molecule has 0 saturated carbocycles. The molecule has 1 N–H and O–H groups in total. The first-order chi connectivity index (χ1) is 11.9. The van der Waals surface area contributed by atoms with Gasteiger partial charge in [0.2, 0.25) is 0 Å². The third-order valence-corrected chi connectivity index (χ3v) is 4.07. The summed E-state index contributed by atoms with van der Waals surface area (Å²) < 4.78 is 11.4. The molecule has 0 radical (unpaired) electrons. The summed E-state index contributed by atoms with van der Waals surface area (Å²) in [4.78, 5) is 24.1. The number of halogens is 1. The lowest BCUT2D eigenvalue weighted by molar-refractivity contribution is -0.122. The van der Waals surface area contributed by atoms with E-state index in [2.05, 4.69) is 21.2 Å². The summed E-state index contributed by atoms with van der Waals surface area (Å²) in [5.41, 5.74) is 2.14. The van der Waals surface area contributed by atoms with E-state index in [-0.39, 0.29) is 5.91 Å². The van der Waals surface area contributed by atoms with Crippen LogP contribution in [0.1, 0.15) is 29.8 Å². The minimum absolute atomic E-state index is 0.286. The Morgan fingerprint density at radius 2 is 1.96 bits per heavy atom. The Morgan fingerprint density at radius 1 is 1.20 bits per heavy atom. The molecule has 0 aliphatic heterocycles. The van der Waals surface area contributed by atoms with E-state index in [0.717, 1.165) is 10.0 Å². The molecular weight excluding hydrogens is 386 g/mol. The number of benzene rings is 2. The first kappa shape index (κ1) is 19.0. The molecule has 2 aromatic carbocycles. The summed E-state index contributed by atoms with van der Waals surface area (Å²) in [5, 5.41) is 2.81. The van der Waals surface area contributed by atoms with Crippen LogP contribution >= 0.6 is 15.9 Å². The van der Waals surface area contributed by atoms with Crippen LogP contribution in [-0.2, 0) is 9.53 Å². The number of nitrogens with one attached hydrogen (secondary N) is 1. The molecule has 0 aliphatic carbocycles. The second-order valence-corrected chi connectivity index (χ2v) is 6.34. The summed E-state index contributed by atoms with van der Waals surface area (Å²) in [5.74, 6) is -0.282. The van der Waals surface area contributed by atoms with Crippen molar-refractivity contribution in [3.63, 3.8) is 0 Å². The quantitative estimate of drug-likeness (QED) is 0.725. The highest BCUT2D eigenvalue weighted by atomic mass is 79.9. The second kappa shape index (κ2) is 8.67. The molecule has 1 amide bonds. The lowest BCUT2D eigenvalue weighted by Crippen LogP contribution is -2.30. The Bertz CT molecular complexity index is 776. The number of esters is 1. The standard InChI is InChI=1S/C19H20BrNO4/c1-4-24-19(23)14-6-5-7-15(11-14)25-13(3)18(22)21-17-9-8-12(2)10-16(17)20/h5-11,13H,4H2,1-3H3,(H,21,22)/t13-/m1/s1. The molecule has 5 nitrogen and oxygen atoms in total. The van der Waals surface area contributed by atoms with E-state index in [4.69, 9.17) is 9.47 Å². The highest BCUT2D eigenvalue weighted by Gasteiger charge is 2.17. The third-order valence-electron chi connectivity index (χ3n) is 3.41. The summed E-state index contributed by atoms with van der Waals surface area (Å²) in [6, 6.07) is 12.2. The molecule has 0 saturated heterocycles. The number of carbonyl (C=O) groups excluding carboxylic acids is 2. The highest BCUT2D eigenvalue weighted by Crippen LogP contribution is 2.24. The molecule has 0 bridgehead atoms. The maximum Gasteiger partial charge on any atom is 0.338 e. The molecule has 132 valence electrons. The van der Waals surface area contributed by atoms with E-state index >= 15 is 0 Å². The topological polar surface area (TPSA) is 64.6 Å². The average Bonchev–Trinajstić information content (AvgIpc) is 2.57. The van der Waals surface area contributed by atoms with Gasteiger partial charge in [-0.25, -0.2) is 4.79 Å². The normalized spacial score (nSPS) is 11.5. The zero-order chi connectivity index (χ0) is 18.4. The fourth-order valence-corrected chi connectivity index (χ4v) is 2.72. The summed E-state index contributed by atoms with van der Waals surface area (Å²) in [7, 11) is 0. The van der Waals surface area contributed by atoms with Crippen LogP contribution in [0.15, 0.2) is 46.9 Å². The van der Waals surface area contributed by atoms with E-state index in [1.54, 1.807) is 38.1 Å². The Hall–Kier alpha value is -2.34. The van der Waals surface area contributed by atoms with Crippen LogP contribution in [0, 0.1) is 6.92 Å². The van der Waals surface area contributed by atoms with Crippen molar-refractivity contribution in [1.29, 1.82) is 0 Å². The monoisotopic (exact) mass is 405 g/mol. The van der Waals surface area contributed by atoms with Crippen LogP contribution in [0.4, 0.5) is 5.69 Å². The molecule has 2 aromatic rings. The van der Waals surface area contributed by atoms with E-state index in [0.29, 0.717) is 23.6 Å². The van der Waals surface area contributed by atoms with Crippen molar-refractivity contribution >= 4 is 33.5 Å². The lowest BCUT2D eigenvalue weighted by atomic mass is 10.2. The molecule has 0 aromatic heterocycles. The average molecular weight is 406 g/mol. The van der Waals surface area contributed by atoms with Gasteiger partial charge in [-0.3, -0.25) is 4.79 Å². The van der Waals surface area contributed by atoms with Gasteiger partial charge in [0.15, 0.2) is 6.10 Å². The second-order valence-electron chi connectivity index (χ2n) is 5.48. The fourth-order valence-electron chi connectivity index (χ4n) is 2.12. The number of amides is 1. The third kappa shape index (κ3) is 5.32. The largest absolute Gasteiger partial charge is 0.481 e. The number of hydrogen-bond acceptors (Lipinski definition) is 4. The van der Waals surface area contributed by atoms with E-state index in [9.17, 15) is 9.59 Å². The van der Waals surface area contributed by atoms with Crippen LogP contribution < -0.4 is 10.1 Å². The van der Waals surface area contributed by atoms with Gasteiger partial charge in [-0.05, 0) is 72.6 Å². The van der Waals surface area contributed by atoms with Crippen LogP contribution in [-0.4, -0.2) is 24.6 Å². The number of carbonyl (C=O) groups is 2. The predicted octanol–water partition coefficient (Wildman–Crippen LogP) is 4.34. The van der Waals surface area contributed by atoms with Gasteiger partial charge in [0.1, 0.15) is 5.75 Å². The summed E-state index contributed by atoms with van der Waals surface area (Å²) in [6.45, 7) is 5.66. The van der Waals surface area contributed by atoms with Gasteiger partial charge in [0.05, 0.1) is 17.9 Å². The first-order valence-electron chi connectivity index (χ1n) is 7.91.